The number of halogens is 1. The predicted octanol–water partition coefficient (Wildman–Crippen LogP) is 2.16. The summed E-state index contributed by atoms with van der Waals surface area (Å²) in [5.41, 5.74) is 0.423. The van der Waals surface area contributed by atoms with E-state index in [1.807, 2.05) is 0 Å². The highest BCUT2D eigenvalue weighted by molar-refractivity contribution is 5.61. The molecule has 2 rings (SSSR count). The van der Waals surface area contributed by atoms with Gasteiger partial charge in [-0.3, -0.25) is 0 Å². The molecule has 1 aromatic heterocycles. The minimum absolute atomic E-state index is 0.110. The van der Waals surface area contributed by atoms with E-state index in [2.05, 4.69) is 9.97 Å². The molecule has 0 radical (unpaired) electrons. The smallest absolute Gasteiger partial charge is 0.185 e. The number of rotatable bonds is 2. The van der Waals surface area contributed by atoms with Gasteiger partial charge in [0.25, 0.3) is 0 Å². The van der Waals surface area contributed by atoms with Crippen molar-refractivity contribution >= 4 is 0 Å². The monoisotopic (exact) mass is 229 g/mol. The molecule has 0 fully saturated rings. The third kappa shape index (κ3) is 2.06. The van der Waals surface area contributed by atoms with E-state index < -0.39 is 5.82 Å². The van der Waals surface area contributed by atoms with Gasteiger partial charge in [-0.05, 0) is 24.3 Å². The first-order valence-electron chi connectivity index (χ1n) is 4.81. The molecule has 0 atom stereocenters. The number of aromatic nitrogens is 2. The van der Waals surface area contributed by atoms with Crippen LogP contribution < -0.4 is 4.74 Å². The molecule has 0 saturated heterocycles. The first-order chi connectivity index (χ1) is 8.26. The Morgan fingerprint density at radius 3 is 2.53 bits per heavy atom. The van der Waals surface area contributed by atoms with Gasteiger partial charge in [-0.25, -0.2) is 14.4 Å². The number of ether oxygens (including phenoxy) is 1. The van der Waals surface area contributed by atoms with Crippen molar-refractivity contribution in [2.45, 2.75) is 0 Å². The second-order valence-corrected chi connectivity index (χ2v) is 3.23. The average molecular weight is 229 g/mol. The molecule has 0 aliphatic carbocycles. The largest absolute Gasteiger partial charge is 0.497 e. The zero-order valence-corrected chi connectivity index (χ0v) is 9.01. The lowest BCUT2D eigenvalue weighted by atomic mass is 10.1. The summed E-state index contributed by atoms with van der Waals surface area (Å²) < 4.78 is 18.8. The number of benzene rings is 1. The summed E-state index contributed by atoms with van der Waals surface area (Å²) in [4.78, 5) is 7.38. The molecule has 0 unspecified atom stereocenters. The minimum atomic E-state index is -0.708. The number of methoxy groups -OCH3 is 1. The summed E-state index contributed by atoms with van der Waals surface area (Å²) in [5, 5.41) is 8.67. The van der Waals surface area contributed by atoms with Crippen molar-refractivity contribution in [3.8, 4) is 23.1 Å². The van der Waals surface area contributed by atoms with E-state index in [0.717, 1.165) is 0 Å². The molecule has 0 saturated carbocycles. The molecular formula is C12H8FN3O. The second-order valence-electron chi connectivity index (χ2n) is 3.23. The summed E-state index contributed by atoms with van der Waals surface area (Å²) in [6.45, 7) is 0. The molecule has 84 valence electrons. The van der Waals surface area contributed by atoms with Gasteiger partial charge in [0.2, 0.25) is 0 Å². The standard InChI is InChI=1S/C12H8FN3O/c1-17-9-4-2-8(3-5-9)12-11(13)10(6-14)15-7-16-12/h2-5,7H,1H3. The molecule has 5 heteroatoms. The Morgan fingerprint density at radius 1 is 1.24 bits per heavy atom. The molecule has 1 aromatic carbocycles. The quantitative estimate of drug-likeness (QED) is 0.791. The summed E-state index contributed by atoms with van der Waals surface area (Å²) >= 11 is 0. The lowest BCUT2D eigenvalue weighted by Gasteiger charge is -2.04. The number of hydrogen-bond donors (Lipinski definition) is 0. The third-order valence-electron chi connectivity index (χ3n) is 2.26. The molecular weight excluding hydrogens is 221 g/mol. The van der Waals surface area contributed by atoms with Crippen LogP contribution in [-0.2, 0) is 0 Å². The highest BCUT2D eigenvalue weighted by Gasteiger charge is 2.12. The Bertz CT molecular complexity index is 575. The van der Waals surface area contributed by atoms with Gasteiger partial charge in [-0.2, -0.15) is 5.26 Å². The van der Waals surface area contributed by atoms with Crippen molar-refractivity contribution in [3.05, 3.63) is 42.1 Å². The van der Waals surface area contributed by atoms with Crippen LogP contribution in [0.15, 0.2) is 30.6 Å². The van der Waals surface area contributed by atoms with Gasteiger partial charge in [0.1, 0.15) is 23.8 Å². The molecule has 1 heterocycles. The molecule has 0 aliphatic heterocycles. The molecule has 0 amide bonds. The van der Waals surface area contributed by atoms with Crippen molar-refractivity contribution < 1.29 is 9.13 Å². The molecule has 0 aliphatic rings. The van der Waals surface area contributed by atoms with Gasteiger partial charge in [0.05, 0.1) is 7.11 Å². The van der Waals surface area contributed by atoms with Crippen molar-refractivity contribution in [2.24, 2.45) is 0 Å². The van der Waals surface area contributed by atoms with Gasteiger partial charge in [0.15, 0.2) is 11.5 Å². The van der Waals surface area contributed by atoms with Gasteiger partial charge in [0, 0.05) is 5.56 Å². The van der Waals surface area contributed by atoms with Crippen LogP contribution in [0.2, 0.25) is 0 Å². The Hall–Kier alpha value is -2.48. The van der Waals surface area contributed by atoms with Gasteiger partial charge in [-0.1, -0.05) is 0 Å². The van der Waals surface area contributed by atoms with Crippen molar-refractivity contribution in [1.82, 2.24) is 9.97 Å². The van der Waals surface area contributed by atoms with Crippen LogP contribution in [0, 0.1) is 17.1 Å². The van der Waals surface area contributed by atoms with E-state index in [-0.39, 0.29) is 11.4 Å². The van der Waals surface area contributed by atoms with Crippen LogP contribution in [0.4, 0.5) is 4.39 Å². The molecule has 4 nitrogen and oxygen atoms in total. The van der Waals surface area contributed by atoms with Crippen LogP contribution in [0.3, 0.4) is 0 Å². The van der Waals surface area contributed by atoms with E-state index in [1.54, 1.807) is 37.4 Å². The van der Waals surface area contributed by atoms with E-state index in [1.165, 1.54) is 6.33 Å². The van der Waals surface area contributed by atoms with E-state index in [9.17, 15) is 4.39 Å². The fourth-order valence-corrected chi connectivity index (χ4v) is 1.40. The molecule has 0 N–H and O–H groups in total. The lowest BCUT2D eigenvalue weighted by molar-refractivity contribution is 0.415. The number of hydrogen-bond acceptors (Lipinski definition) is 4. The van der Waals surface area contributed by atoms with Crippen LogP contribution in [-0.4, -0.2) is 17.1 Å². The first-order valence-corrected chi connectivity index (χ1v) is 4.81. The fraction of sp³-hybridized carbons (Fsp3) is 0.0833. The van der Waals surface area contributed by atoms with Crippen LogP contribution in [0.5, 0.6) is 5.75 Å². The Kier molecular flexibility index (Phi) is 2.97. The van der Waals surface area contributed by atoms with Crippen LogP contribution >= 0.6 is 0 Å². The topological polar surface area (TPSA) is 58.8 Å². The maximum absolute atomic E-state index is 13.8. The Morgan fingerprint density at radius 2 is 1.94 bits per heavy atom. The maximum Gasteiger partial charge on any atom is 0.185 e. The highest BCUT2D eigenvalue weighted by atomic mass is 19.1. The molecule has 2 aromatic rings. The fourth-order valence-electron chi connectivity index (χ4n) is 1.40. The summed E-state index contributed by atoms with van der Waals surface area (Å²) in [6, 6.07) is 8.42. The van der Waals surface area contributed by atoms with Gasteiger partial charge >= 0.3 is 0 Å². The summed E-state index contributed by atoms with van der Waals surface area (Å²) in [6.07, 6.45) is 1.17. The van der Waals surface area contributed by atoms with Crippen molar-refractivity contribution in [3.63, 3.8) is 0 Å². The second kappa shape index (κ2) is 4.58. The third-order valence-corrected chi connectivity index (χ3v) is 2.26. The highest BCUT2D eigenvalue weighted by Crippen LogP contribution is 2.23. The molecule has 0 bridgehead atoms. The minimum Gasteiger partial charge on any atom is -0.497 e. The van der Waals surface area contributed by atoms with Gasteiger partial charge in [-0.15, -0.1) is 0 Å². The molecule has 0 spiro atoms. The Balaban J connectivity index is 2.50. The predicted molar refractivity (Wildman–Crippen MR) is 58.7 cm³/mol. The summed E-state index contributed by atoms with van der Waals surface area (Å²) in [5.74, 6) is -0.0381. The average Bonchev–Trinajstić information content (AvgIpc) is 2.39. The SMILES string of the molecule is COc1ccc(-c2ncnc(C#N)c2F)cc1. The van der Waals surface area contributed by atoms with E-state index >= 15 is 0 Å². The van der Waals surface area contributed by atoms with Crippen LogP contribution in [0.1, 0.15) is 5.69 Å². The number of nitrogens with zero attached hydrogens (tertiary/aromatic N) is 3. The van der Waals surface area contributed by atoms with Gasteiger partial charge < -0.3 is 4.74 Å². The van der Waals surface area contributed by atoms with E-state index in [0.29, 0.717) is 11.3 Å². The molecule has 17 heavy (non-hydrogen) atoms. The van der Waals surface area contributed by atoms with Crippen LogP contribution in [0.25, 0.3) is 11.3 Å². The maximum atomic E-state index is 13.8. The summed E-state index contributed by atoms with van der Waals surface area (Å²) in [7, 11) is 1.55. The lowest BCUT2D eigenvalue weighted by Crippen LogP contribution is -1.96. The number of nitriles is 1. The van der Waals surface area contributed by atoms with Crippen molar-refractivity contribution in [2.75, 3.05) is 7.11 Å². The zero-order chi connectivity index (χ0) is 12.3. The normalized spacial score (nSPS) is 9.71. The first kappa shape index (κ1) is 11.0. The Labute approximate surface area is 97.3 Å². The van der Waals surface area contributed by atoms with E-state index in [4.69, 9.17) is 10.00 Å². The zero-order valence-electron chi connectivity index (χ0n) is 9.01. The van der Waals surface area contributed by atoms with Crippen molar-refractivity contribution in [1.29, 1.82) is 5.26 Å².